The molecule has 1 aliphatic rings. The van der Waals surface area contributed by atoms with Crippen molar-refractivity contribution < 1.29 is 14.1 Å². The molecule has 1 aliphatic heterocycles. The Hall–Kier alpha value is -3.81. The highest BCUT2D eigenvalue weighted by molar-refractivity contribution is 7.70. The Morgan fingerprint density at radius 2 is 1.95 bits per heavy atom. The van der Waals surface area contributed by atoms with E-state index in [1.54, 1.807) is 13.3 Å². The molecule has 3 aromatic rings. The van der Waals surface area contributed by atoms with Crippen molar-refractivity contribution in [2.24, 2.45) is 0 Å². The number of anilines is 4. The van der Waals surface area contributed by atoms with Crippen LogP contribution in [0, 0.1) is 0 Å². The van der Waals surface area contributed by atoms with Crippen molar-refractivity contribution in [3.8, 4) is 5.75 Å². The number of benzene rings is 2. The van der Waals surface area contributed by atoms with E-state index in [-0.39, 0.29) is 5.91 Å². The molecule has 0 saturated carbocycles. The summed E-state index contributed by atoms with van der Waals surface area (Å²) in [7, 11) is -2.52. The van der Waals surface area contributed by atoms with E-state index in [0.29, 0.717) is 40.9 Å². The Kier molecular flexibility index (Phi) is 10.7. The van der Waals surface area contributed by atoms with E-state index in [9.17, 15) is 9.36 Å². The molecule has 0 bridgehead atoms. The highest BCUT2D eigenvalue weighted by atomic mass is 35.5. The Morgan fingerprint density at radius 1 is 1.19 bits per heavy atom. The third kappa shape index (κ3) is 8.37. The van der Waals surface area contributed by atoms with Gasteiger partial charge in [-0.1, -0.05) is 36.4 Å². The summed E-state index contributed by atoms with van der Waals surface area (Å²) in [6.07, 6.45) is 8.86. The van der Waals surface area contributed by atoms with E-state index in [0.717, 1.165) is 43.5 Å². The first kappa shape index (κ1) is 31.1. The van der Waals surface area contributed by atoms with Crippen LogP contribution in [0.25, 0.3) is 0 Å². The summed E-state index contributed by atoms with van der Waals surface area (Å²) >= 11 is 6.39. The maximum Gasteiger partial charge on any atom is 0.245 e. The SMILES string of the molecule is C=CC(=O)N1CCC(N(/C=C/COc2cccc(Nc3ncc(Cl)c(Nc4ccccc4P(C)(C)=O)n3)c2)CC)CC1. The third-order valence-electron chi connectivity index (χ3n) is 7.00. The van der Waals surface area contributed by atoms with Gasteiger partial charge in [0.25, 0.3) is 0 Å². The predicted octanol–water partition coefficient (Wildman–Crippen LogP) is 6.26. The van der Waals surface area contributed by atoms with E-state index >= 15 is 0 Å². The Morgan fingerprint density at radius 3 is 2.67 bits per heavy atom. The average Bonchev–Trinajstić information content (AvgIpc) is 2.98. The summed E-state index contributed by atoms with van der Waals surface area (Å²) in [5, 5.41) is 7.48. The molecule has 2 N–H and O–H groups in total. The molecule has 1 fully saturated rings. The Labute approximate surface area is 253 Å². The van der Waals surface area contributed by atoms with Gasteiger partial charge >= 0.3 is 0 Å². The number of hydrogen-bond acceptors (Lipinski definition) is 8. The van der Waals surface area contributed by atoms with Crippen molar-refractivity contribution in [3.05, 3.63) is 84.7 Å². The van der Waals surface area contributed by atoms with Crippen LogP contribution in [0.15, 0.2) is 79.7 Å². The summed E-state index contributed by atoms with van der Waals surface area (Å²) in [4.78, 5) is 24.9. The van der Waals surface area contributed by atoms with Crippen LogP contribution in [0.3, 0.4) is 0 Å². The number of likely N-dealkylation sites (tertiary alicyclic amines) is 1. The lowest BCUT2D eigenvalue weighted by Gasteiger charge is -2.37. The monoisotopic (exact) mass is 608 g/mol. The normalized spacial score (nSPS) is 14.0. The quantitative estimate of drug-likeness (QED) is 0.184. The van der Waals surface area contributed by atoms with Gasteiger partial charge in [0, 0.05) is 42.7 Å². The second kappa shape index (κ2) is 14.4. The Bertz CT molecular complexity index is 1470. The van der Waals surface area contributed by atoms with E-state index in [4.69, 9.17) is 16.3 Å². The number of carbonyl (C=O) groups is 1. The molecule has 1 aromatic heterocycles. The number of rotatable bonds is 12. The van der Waals surface area contributed by atoms with Gasteiger partial charge in [-0.2, -0.15) is 4.98 Å². The first-order valence-corrected chi connectivity index (χ1v) is 16.9. The standard InChI is InChI=1S/C31H38ClN6O3P/c1-5-29(39)38-18-15-24(16-19-38)37(6-2)17-10-20-41-25-12-9-11-23(21-25)34-31-33-22-26(32)30(36-31)35-27-13-7-8-14-28(27)42(3,4)40/h5,7-14,17,21-22,24H,1,6,15-16,18-20H2,2-4H3,(H2,33,34,35,36)/b17-10+. The van der Waals surface area contributed by atoms with Crippen LogP contribution in [-0.2, 0) is 9.36 Å². The van der Waals surface area contributed by atoms with Crippen molar-refractivity contribution in [1.29, 1.82) is 0 Å². The molecular weight excluding hydrogens is 571 g/mol. The average molecular weight is 609 g/mol. The maximum atomic E-state index is 12.8. The molecule has 1 saturated heterocycles. The van der Waals surface area contributed by atoms with Gasteiger partial charge in [0.2, 0.25) is 11.9 Å². The topological polar surface area (TPSA) is 99.7 Å². The molecule has 0 aliphatic carbocycles. The number of nitrogens with one attached hydrogen (secondary N) is 2. The fourth-order valence-corrected chi connectivity index (χ4v) is 6.13. The zero-order chi connectivity index (χ0) is 30.1. The first-order chi connectivity index (χ1) is 20.2. The van der Waals surface area contributed by atoms with Crippen LogP contribution in [-0.4, -0.2) is 71.3 Å². The molecule has 42 heavy (non-hydrogen) atoms. The molecule has 1 amide bonds. The molecule has 0 unspecified atom stereocenters. The molecule has 2 heterocycles. The van der Waals surface area contributed by atoms with Crippen molar-refractivity contribution in [1.82, 2.24) is 19.8 Å². The van der Waals surface area contributed by atoms with Crippen molar-refractivity contribution >= 4 is 53.1 Å². The van der Waals surface area contributed by atoms with Crippen LogP contribution in [0.2, 0.25) is 5.02 Å². The minimum absolute atomic E-state index is 0.00342. The maximum absolute atomic E-state index is 12.8. The largest absolute Gasteiger partial charge is 0.489 e. The number of para-hydroxylation sites is 1. The summed E-state index contributed by atoms with van der Waals surface area (Å²) in [6.45, 7) is 12.0. The lowest BCUT2D eigenvalue weighted by Crippen LogP contribution is -2.44. The molecule has 11 heteroatoms. The van der Waals surface area contributed by atoms with Gasteiger partial charge in [0.1, 0.15) is 24.5 Å². The second-order valence-electron chi connectivity index (χ2n) is 10.3. The summed E-state index contributed by atoms with van der Waals surface area (Å²) < 4.78 is 18.7. The van der Waals surface area contributed by atoms with Gasteiger partial charge < -0.3 is 29.7 Å². The van der Waals surface area contributed by atoms with Gasteiger partial charge in [0.05, 0.1) is 11.9 Å². The summed E-state index contributed by atoms with van der Waals surface area (Å²) in [5.41, 5.74) is 1.45. The van der Waals surface area contributed by atoms with Crippen LogP contribution >= 0.6 is 18.7 Å². The van der Waals surface area contributed by atoms with Crippen molar-refractivity contribution in [3.63, 3.8) is 0 Å². The molecule has 2 aromatic carbocycles. The number of carbonyl (C=O) groups excluding carboxylic acids is 1. The second-order valence-corrected chi connectivity index (χ2v) is 13.9. The first-order valence-electron chi connectivity index (χ1n) is 14.0. The number of hydrogen-bond donors (Lipinski definition) is 2. The molecule has 0 radical (unpaired) electrons. The number of nitrogens with zero attached hydrogens (tertiary/aromatic N) is 4. The lowest BCUT2D eigenvalue weighted by molar-refractivity contribution is -0.127. The smallest absolute Gasteiger partial charge is 0.245 e. The van der Waals surface area contributed by atoms with E-state index in [2.05, 4.69) is 45.2 Å². The zero-order valence-electron chi connectivity index (χ0n) is 24.3. The van der Waals surface area contributed by atoms with Crippen molar-refractivity contribution in [2.75, 3.05) is 50.2 Å². The van der Waals surface area contributed by atoms with Gasteiger partial charge in [-0.05, 0) is 75.7 Å². The summed E-state index contributed by atoms with van der Waals surface area (Å²) in [6, 6.07) is 15.4. The molecule has 9 nitrogen and oxygen atoms in total. The van der Waals surface area contributed by atoms with E-state index in [1.807, 2.05) is 59.5 Å². The van der Waals surface area contributed by atoms with Crippen molar-refractivity contribution in [2.45, 2.75) is 25.8 Å². The van der Waals surface area contributed by atoms with Crippen LogP contribution in [0.4, 0.5) is 23.1 Å². The van der Waals surface area contributed by atoms with Crippen LogP contribution < -0.4 is 20.7 Å². The van der Waals surface area contributed by atoms with Gasteiger partial charge in [-0.25, -0.2) is 4.98 Å². The minimum Gasteiger partial charge on any atom is -0.489 e. The number of ether oxygens (including phenoxy) is 1. The number of aromatic nitrogens is 2. The molecule has 222 valence electrons. The minimum atomic E-state index is -2.52. The van der Waals surface area contributed by atoms with Gasteiger partial charge in [0.15, 0.2) is 5.82 Å². The highest BCUT2D eigenvalue weighted by Crippen LogP contribution is 2.38. The molecule has 0 spiro atoms. The van der Waals surface area contributed by atoms with Gasteiger partial charge in [-0.15, -0.1) is 0 Å². The number of piperidine rings is 1. The fourth-order valence-electron chi connectivity index (χ4n) is 4.84. The van der Waals surface area contributed by atoms with E-state index < -0.39 is 7.14 Å². The van der Waals surface area contributed by atoms with E-state index in [1.165, 1.54) is 12.3 Å². The number of halogens is 1. The zero-order valence-corrected chi connectivity index (χ0v) is 25.9. The van der Waals surface area contributed by atoms with Crippen LogP contribution in [0.5, 0.6) is 5.75 Å². The lowest BCUT2D eigenvalue weighted by atomic mass is 10.0. The van der Waals surface area contributed by atoms with Crippen LogP contribution in [0.1, 0.15) is 19.8 Å². The van der Waals surface area contributed by atoms with Gasteiger partial charge in [-0.3, -0.25) is 4.79 Å². The number of amides is 1. The molecule has 4 rings (SSSR count). The summed E-state index contributed by atoms with van der Waals surface area (Å²) in [5.74, 6) is 1.47. The molecule has 0 atom stereocenters. The highest BCUT2D eigenvalue weighted by Gasteiger charge is 2.24. The molecular formula is C31H38ClN6O3P. The fraction of sp³-hybridized carbons (Fsp3) is 0.323. The Balaban J connectivity index is 1.35. The third-order valence-corrected chi connectivity index (χ3v) is 8.83. The predicted molar refractivity (Wildman–Crippen MR) is 172 cm³/mol.